The number of nitrogens with zero attached hydrogens (tertiary/aromatic N) is 4. The lowest BCUT2D eigenvalue weighted by Gasteiger charge is -2.32. The zero-order valence-corrected chi connectivity index (χ0v) is 19.4. The first kappa shape index (κ1) is 21.2. The van der Waals surface area contributed by atoms with Crippen LogP contribution >= 0.6 is 23.1 Å². The number of hydrogen-bond donors (Lipinski definition) is 2. The molecule has 6 nitrogen and oxygen atoms in total. The Morgan fingerprint density at radius 1 is 0.938 bits per heavy atom. The highest BCUT2D eigenvalue weighted by Gasteiger charge is 2.21. The second-order valence-corrected chi connectivity index (χ2v) is 9.96. The van der Waals surface area contributed by atoms with Crippen LogP contribution in [0.2, 0.25) is 0 Å². The van der Waals surface area contributed by atoms with Gasteiger partial charge in [-0.2, -0.15) is 4.98 Å². The summed E-state index contributed by atoms with van der Waals surface area (Å²) in [5.74, 6) is 1.32. The molecule has 164 valence electrons. The van der Waals surface area contributed by atoms with Crippen LogP contribution in [0.1, 0.15) is 24.0 Å². The second-order valence-electron chi connectivity index (χ2n) is 8.02. The number of nitrogens with two attached hydrogens (primary N) is 1. The third-order valence-corrected chi connectivity index (χ3v) is 7.55. The minimum atomic E-state index is 0.420. The molecule has 0 aliphatic carbocycles. The van der Waals surface area contributed by atoms with Gasteiger partial charge in [-0.25, -0.2) is 9.97 Å². The summed E-state index contributed by atoms with van der Waals surface area (Å²) >= 11 is 3.13. The molecule has 0 spiro atoms. The van der Waals surface area contributed by atoms with Crippen LogP contribution in [0.15, 0.2) is 65.8 Å². The average molecular weight is 463 g/mol. The van der Waals surface area contributed by atoms with Gasteiger partial charge in [-0.15, -0.1) is 0 Å². The lowest BCUT2D eigenvalue weighted by atomic mass is 10.0. The molecule has 3 heterocycles. The zero-order chi connectivity index (χ0) is 21.8. The zero-order valence-electron chi connectivity index (χ0n) is 17.8. The maximum Gasteiger partial charge on any atom is 0.191 e. The van der Waals surface area contributed by atoms with Crippen molar-refractivity contribution in [1.82, 2.24) is 19.9 Å². The van der Waals surface area contributed by atoms with E-state index in [1.54, 1.807) is 23.1 Å². The van der Waals surface area contributed by atoms with Gasteiger partial charge in [0.1, 0.15) is 10.5 Å². The highest BCUT2D eigenvalue weighted by molar-refractivity contribution is 7.98. The van der Waals surface area contributed by atoms with Crippen molar-refractivity contribution < 1.29 is 0 Å². The smallest absolute Gasteiger partial charge is 0.191 e. The molecule has 4 aromatic rings. The van der Waals surface area contributed by atoms with E-state index >= 15 is 0 Å². The summed E-state index contributed by atoms with van der Waals surface area (Å²) in [6.07, 6.45) is 2.20. The molecular weight excluding hydrogens is 436 g/mol. The number of piperidine rings is 1. The normalized spacial score (nSPS) is 15.2. The second kappa shape index (κ2) is 9.85. The van der Waals surface area contributed by atoms with E-state index in [1.807, 2.05) is 18.2 Å². The molecule has 1 aliphatic rings. The molecule has 0 atom stereocenters. The van der Waals surface area contributed by atoms with E-state index in [1.165, 1.54) is 11.1 Å². The third kappa shape index (κ3) is 5.20. The maximum absolute atomic E-state index is 6.24. The number of likely N-dealkylation sites (tertiary alicyclic amines) is 1. The molecule has 8 heteroatoms. The van der Waals surface area contributed by atoms with E-state index in [0.717, 1.165) is 48.1 Å². The Balaban J connectivity index is 1.19. The summed E-state index contributed by atoms with van der Waals surface area (Å²) in [5, 5.41) is 5.16. The Kier molecular flexibility index (Phi) is 6.52. The van der Waals surface area contributed by atoms with Crippen molar-refractivity contribution in [2.45, 2.75) is 36.3 Å². The molecule has 0 unspecified atom stereocenters. The van der Waals surface area contributed by atoms with Crippen molar-refractivity contribution in [3.63, 3.8) is 0 Å². The van der Waals surface area contributed by atoms with Crippen LogP contribution in [-0.4, -0.2) is 39.0 Å². The van der Waals surface area contributed by atoms with Gasteiger partial charge in [0.05, 0.1) is 0 Å². The highest BCUT2D eigenvalue weighted by atomic mass is 32.2. The summed E-state index contributed by atoms with van der Waals surface area (Å²) < 4.78 is 0.859. The Morgan fingerprint density at radius 3 is 2.34 bits per heavy atom. The fourth-order valence-electron chi connectivity index (χ4n) is 3.92. The maximum atomic E-state index is 6.24. The molecular formula is C24H26N6S2. The third-order valence-electron chi connectivity index (χ3n) is 5.63. The largest absolute Gasteiger partial charge is 0.382 e. The van der Waals surface area contributed by atoms with Crippen LogP contribution in [0, 0.1) is 0 Å². The molecule has 32 heavy (non-hydrogen) atoms. The van der Waals surface area contributed by atoms with Gasteiger partial charge in [0.25, 0.3) is 0 Å². The van der Waals surface area contributed by atoms with Gasteiger partial charge in [0.15, 0.2) is 15.9 Å². The van der Waals surface area contributed by atoms with E-state index in [4.69, 9.17) is 10.7 Å². The Morgan fingerprint density at radius 2 is 1.62 bits per heavy atom. The van der Waals surface area contributed by atoms with Gasteiger partial charge in [-0.1, -0.05) is 83.8 Å². The minimum absolute atomic E-state index is 0.420. The SMILES string of the molecule is Nc1nc(SCc2ccccc2)nc2nc(NC3CCN(Cc4ccccc4)CC3)sc12. The van der Waals surface area contributed by atoms with Crippen molar-refractivity contribution in [1.29, 1.82) is 0 Å². The first-order chi connectivity index (χ1) is 15.7. The minimum Gasteiger partial charge on any atom is -0.382 e. The van der Waals surface area contributed by atoms with Crippen LogP contribution in [0.25, 0.3) is 10.3 Å². The van der Waals surface area contributed by atoms with Crippen molar-refractivity contribution in [2.75, 3.05) is 24.1 Å². The molecule has 0 saturated carbocycles. The molecule has 1 aliphatic heterocycles. The predicted octanol–water partition coefficient (Wildman–Crippen LogP) is 5.04. The molecule has 2 aromatic heterocycles. The number of thiazole rings is 1. The number of nitrogens with one attached hydrogen (secondary N) is 1. The van der Waals surface area contributed by atoms with Gasteiger partial charge in [0.2, 0.25) is 0 Å². The molecule has 2 aromatic carbocycles. The van der Waals surface area contributed by atoms with Crippen LogP contribution in [0.3, 0.4) is 0 Å². The summed E-state index contributed by atoms with van der Waals surface area (Å²) in [4.78, 5) is 16.4. The average Bonchev–Trinajstić information content (AvgIpc) is 3.23. The Bertz CT molecular complexity index is 1160. The lowest BCUT2D eigenvalue weighted by molar-refractivity contribution is 0.211. The summed E-state index contributed by atoms with van der Waals surface area (Å²) in [6, 6.07) is 21.4. The van der Waals surface area contributed by atoms with Crippen LogP contribution < -0.4 is 11.1 Å². The van der Waals surface area contributed by atoms with Crippen molar-refractivity contribution in [3.05, 3.63) is 71.8 Å². The number of hydrogen-bond acceptors (Lipinski definition) is 8. The van der Waals surface area contributed by atoms with Gasteiger partial charge >= 0.3 is 0 Å². The number of benzene rings is 2. The van der Waals surface area contributed by atoms with Gasteiger partial charge in [-0.3, -0.25) is 4.90 Å². The Labute approximate surface area is 196 Å². The van der Waals surface area contributed by atoms with Gasteiger partial charge in [0, 0.05) is 31.4 Å². The summed E-state index contributed by atoms with van der Waals surface area (Å²) in [6.45, 7) is 3.18. The molecule has 1 saturated heterocycles. The highest BCUT2D eigenvalue weighted by Crippen LogP contribution is 2.32. The molecule has 0 amide bonds. The number of aromatic nitrogens is 3. The van der Waals surface area contributed by atoms with E-state index in [0.29, 0.717) is 22.7 Å². The summed E-state index contributed by atoms with van der Waals surface area (Å²) in [5.41, 5.74) is 9.53. The number of fused-ring (bicyclic) bond motifs is 1. The fourth-order valence-corrected chi connectivity index (χ4v) is 5.61. The van der Waals surface area contributed by atoms with Gasteiger partial charge < -0.3 is 11.1 Å². The lowest BCUT2D eigenvalue weighted by Crippen LogP contribution is -2.38. The van der Waals surface area contributed by atoms with E-state index in [9.17, 15) is 0 Å². The predicted molar refractivity (Wildman–Crippen MR) is 134 cm³/mol. The van der Waals surface area contributed by atoms with Crippen LogP contribution in [-0.2, 0) is 12.3 Å². The number of anilines is 2. The van der Waals surface area contributed by atoms with Crippen molar-refractivity contribution in [2.24, 2.45) is 0 Å². The number of nitrogen functional groups attached to an aromatic ring is 1. The monoisotopic (exact) mass is 462 g/mol. The van der Waals surface area contributed by atoms with E-state index in [-0.39, 0.29) is 0 Å². The summed E-state index contributed by atoms with van der Waals surface area (Å²) in [7, 11) is 0. The molecule has 0 radical (unpaired) electrons. The molecule has 3 N–H and O–H groups in total. The fraction of sp³-hybridized carbons (Fsp3) is 0.292. The van der Waals surface area contributed by atoms with Gasteiger partial charge in [-0.05, 0) is 24.0 Å². The Hall–Kier alpha value is -2.68. The van der Waals surface area contributed by atoms with E-state index < -0.39 is 0 Å². The molecule has 5 rings (SSSR count). The molecule has 1 fully saturated rings. The van der Waals surface area contributed by atoms with Crippen molar-refractivity contribution in [3.8, 4) is 0 Å². The molecule has 0 bridgehead atoms. The quantitative estimate of drug-likeness (QED) is 0.294. The first-order valence-electron chi connectivity index (χ1n) is 10.9. The topological polar surface area (TPSA) is 80.0 Å². The van der Waals surface area contributed by atoms with Crippen LogP contribution in [0.5, 0.6) is 0 Å². The van der Waals surface area contributed by atoms with Crippen LogP contribution in [0.4, 0.5) is 10.9 Å². The standard InChI is InChI=1S/C24H26N6S2/c25-21-20-22(28-23(27-21)31-16-18-9-5-2-6-10-18)29-24(32-20)26-19-11-13-30(14-12-19)15-17-7-3-1-4-8-17/h1-10,19H,11-16H2,(H3,25,26,27,28,29). The van der Waals surface area contributed by atoms with E-state index in [2.05, 4.69) is 62.6 Å². The number of thioether (sulfide) groups is 1. The first-order valence-corrected chi connectivity index (χ1v) is 12.7. The van der Waals surface area contributed by atoms with Crippen molar-refractivity contribution >= 4 is 44.4 Å². The number of rotatable bonds is 7.